The molecule has 30 heavy (non-hydrogen) atoms. The first-order valence-electron chi connectivity index (χ1n) is 10.0. The highest BCUT2D eigenvalue weighted by Gasteiger charge is 2.27. The molecule has 1 atom stereocenters. The Hall–Kier alpha value is -2.57. The summed E-state index contributed by atoms with van der Waals surface area (Å²) in [6.07, 6.45) is 3.08. The first kappa shape index (κ1) is 22.1. The number of anilines is 1. The third-order valence-corrected chi connectivity index (χ3v) is 5.69. The minimum Gasteiger partial charge on any atom is -0.495 e. The van der Waals surface area contributed by atoms with Crippen molar-refractivity contribution in [1.82, 2.24) is 9.80 Å². The summed E-state index contributed by atoms with van der Waals surface area (Å²) in [5, 5.41) is 3.30. The summed E-state index contributed by atoms with van der Waals surface area (Å²) >= 11 is 6.01. The van der Waals surface area contributed by atoms with Crippen LogP contribution in [-0.4, -0.2) is 55.9 Å². The largest absolute Gasteiger partial charge is 0.495 e. The second kappa shape index (κ2) is 9.96. The van der Waals surface area contributed by atoms with Crippen LogP contribution in [0.1, 0.15) is 30.0 Å². The smallest absolute Gasteiger partial charge is 0.238 e. The molecule has 2 aromatic rings. The number of carbonyl (C=O) groups is 2. The predicted molar refractivity (Wildman–Crippen MR) is 119 cm³/mol. The Kier molecular flexibility index (Phi) is 7.34. The number of benzene rings is 2. The minimum atomic E-state index is -0.239. The van der Waals surface area contributed by atoms with Gasteiger partial charge in [-0.15, -0.1) is 0 Å². The lowest BCUT2D eigenvalue weighted by Crippen LogP contribution is -2.41. The fraction of sp³-hybridized carbons (Fsp3) is 0.391. The minimum absolute atomic E-state index is 0.00709. The Morgan fingerprint density at radius 3 is 2.70 bits per heavy atom. The van der Waals surface area contributed by atoms with Gasteiger partial charge in [-0.05, 0) is 55.6 Å². The van der Waals surface area contributed by atoms with Crippen molar-refractivity contribution in [3.05, 3.63) is 58.6 Å². The zero-order valence-corrected chi connectivity index (χ0v) is 18.4. The number of aryl methyl sites for hydroxylation is 1. The van der Waals surface area contributed by atoms with Crippen LogP contribution in [0.15, 0.2) is 42.5 Å². The number of nitrogens with zero attached hydrogens (tertiary/aromatic N) is 2. The quantitative estimate of drug-likeness (QED) is 0.728. The van der Waals surface area contributed by atoms with Crippen molar-refractivity contribution in [2.24, 2.45) is 0 Å². The fourth-order valence-electron chi connectivity index (χ4n) is 3.92. The lowest BCUT2D eigenvalue weighted by atomic mass is 9.87. The monoisotopic (exact) mass is 429 g/mol. The first-order chi connectivity index (χ1) is 14.4. The molecule has 160 valence electrons. The van der Waals surface area contributed by atoms with Gasteiger partial charge in [-0.3, -0.25) is 14.5 Å². The molecule has 1 aliphatic carbocycles. The van der Waals surface area contributed by atoms with Crippen LogP contribution in [0.3, 0.4) is 0 Å². The average molecular weight is 430 g/mol. The molecule has 0 fully saturated rings. The van der Waals surface area contributed by atoms with Crippen molar-refractivity contribution in [2.45, 2.75) is 25.3 Å². The molecule has 0 saturated heterocycles. The van der Waals surface area contributed by atoms with Crippen LogP contribution in [0.4, 0.5) is 5.69 Å². The molecule has 2 aromatic carbocycles. The van der Waals surface area contributed by atoms with E-state index in [2.05, 4.69) is 17.4 Å². The molecule has 6 nitrogen and oxygen atoms in total. The van der Waals surface area contributed by atoms with Gasteiger partial charge >= 0.3 is 0 Å². The zero-order valence-electron chi connectivity index (χ0n) is 17.7. The van der Waals surface area contributed by atoms with E-state index in [1.165, 1.54) is 18.2 Å². The summed E-state index contributed by atoms with van der Waals surface area (Å²) in [7, 11) is 5.14. The van der Waals surface area contributed by atoms with Gasteiger partial charge in [0.2, 0.25) is 11.8 Å². The van der Waals surface area contributed by atoms with Gasteiger partial charge < -0.3 is 15.0 Å². The molecule has 0 radical (unpaired) electrons. The van der Waals surface area contributed by atoms with Crippen LogP contribution in [0.2, 0.25) is 5.02 Å². The van der Waals surface area contributed by atoms with Gasteiger partial charge in [0.15, 0.2) is 0 Å². The number of carbonyl (C=O) groups excluding carboxylic acids is 2. The van der Waals surface area contributed by atoms with Gasteiger partial charge in [-0.1, -0.05) is 35.9 Å². The normalized spacial score (nSPS) is 15.4. The summed E-state index contributed by atoms with van der Waals surface area (Å²) < 4.78 is 5.25. The Morgan fingerprint density at radius 1 is 1.17 bits per heavy atom. The number of hydrogen-bond acceptors (Lipinski definition) is 4. The molecule has 7 heteroatoms. The van der Waals surface area contributed by atoms with Crippen LogP contribution in [0, 0.1) is 0 Å². The molecule has 3 rings (SSSR count). The Bertz CT molecular complexity index is 918. The van der Waals surface area contributed by atoms with Crippen molar-refractivity contribution in [3.63, 3.8) is 0 Å². The molecule has 0 saturated carbocycles. The molecule has 0 bridgehead atoms. The molecule has 1 N–H and O–H groups in total. The van der Waals surface area contributed by atoms with E-state index in [0.29, 0.717) is 16.5 Å². The average Bonchev–Trinajstić information content (AvgIpc) is 2.72. The van der Waals surface area contributed by atoms with Gasteiger partial charge in [-0.25, -0.2) is 0 Å². The zero-order chi connectivity index (χ0) is 21.7. The number of nitrogens with one attached hydrogen (secondary N) is 1. The Balaban J connectivity index is 1.57. The molecular weight excluding hydrogens is 402 g/mol. The molecule has 0 aromatic heterocycles. The third-order valence-electron chi connectivity index (χ3n) is 5.45. The van der Waals surface area contributed by atoms with Crippen LogP contribution in [-0.2, 0) is 16.0 Å². The molecule has 0 unspecified atom stereocenters. The maximum atomic E-state index is 12.9. The lowest BCUT2D eigenvalue weighted by Gasteiger charge is -2.34. The SMILES string of the molecule is COc1ccc(Cl)cc1NC(=O)CN(C)CC(=O)N(C)[C@@H]1CCCc2ccccc21. The maximum absolute atomic E-state index is 12.9. The molecular formula is C23H28ClN3O3. The molecule has 1 aliphatic rings. The summed E-state index contributed by atoms with van der Waals surface area (Å²) in [5.41, 5.74) is 3.05. The summed E-state index contributed by atoms with van der Waals surface area (Å²) in [5.74, 6) is 0.283. The number of halogens is 1. The number of fused-ring (bicyclic) bond motifs is 1. The first-order valence-corrected chi connectivity index (χ1v) is 10.4. The van der Waals surface area contributed by atoms with Crippen LogP contribution < -0.4 is 10.1 Å². The van der Waals surface area contributed by atoms with E-state index < -0.39 is 0 Å². The fourth-order valence-corrected chi connectivity index (χ4v) is 4.09. The van der Waals surface area contributed by atoms with E-state index >= 15 is 0 Å². The number of amides is 2. The van der Waals surface area contributed by atoms with Gasteiger partial charge in [0.1, 0.15) is 5.75 Å². The molecule has 0 spiro atoms. The third kappa shape index (κ3) is 5.32. The Labute approximate surface area is 182 Å². The number of rotatable bonds is 7. The summed E-state index contributed by atoms with van der Waals surface area (Å²) in [6.45, 7) is 0.242. The van der Waals surface area contributed by atoms with Crippen LogP contribution in [0.25, 0.3) is 0 Å². The van der Waals surface area contributed by atoms with Crippen molar-refractivity contribution >= 4 is 29.1 Å². The van der Waals surface area contributed by atoms with E-state index in [9.17, 15) is 9.59 Å². The highest BCUT2D eigenvalue weighted by Crippen LogP contribution is 2.33. The molecule has 0 heterocycles. The summed E-state index contributed by atoms with van der Waals surface area (Å²) in [6, 6.07) is 13.4. The highest BCUT2D eigenvalue weighted by molar-refractivity contribution is 6.31. The predicted octanol–water partition coefficient (Wildman–Crippen LogP) is 3.75. The van der Waals surface area contributed by atoms with Crippen molar-refractivity contribution in [1.29, 1.82) is 0 Å². The van der Waals surface area contributed by atoms with E-state index in [1.807, 2.05) is 24.1 Å². The van der Waals surface area contributed by atoms with Gasteiger partial charge in [0, 0.05) is 12.1 Å². The van der Waals surface area contributed by atoms with E-state index in [1.54, 1.807) is 30.1 Å². The number of ether oxygens (including phenoxy) is 1. The van der Waals surface area contributed by atoms with Gasteiger partial charge in [0.25, 0.3) is 0 Å². The van der Waals surface area contributed by atoms with Crippen molar-refractivity contribution in [3.8, 4) is 5.75 Å². The standard InChI is InChI=1S/C23H28ClN3O3/c1-26(14-22(28)25-19-13-17(24)11-12-21(19)30-3)15-23(29)27(2)20-10-6-8-16-7-4-5-9-18(16)20/h4-5,7,9,11-13,20H,6,8,10,14-15H2,1-3H3,(H,25,28)/t20-/m1/s1. The summed E-state index contributed by atoms with van der Waals surface area (Å²) in [4.78, 5) is 28.8. The molecule has 0 aliphatic heterocycles. The maximum Gasteiger partial charge on any atom is 0.238 e. The van der Waals surface area contributed by atoms with Gasteiger partial charge in [0.05, 0.1) is 31.9 Å². The van der Waals surface area contributed by atoms with Crippen molar-refractivity contribution < 1.29 is 14.3 Å². The van der Waals surface area contributed by atoms with Gasteiger partial charge in [-0.2, -0.15) is 0 Å². The molecule has 2 amide bonds. The topological polar surface area (TPSA) is 61.9 Å². The number of likely N-dealkylation sites (N-methyl/N-ethyl adjacent to an activating group) is 2. The van der Waals surface area contributed by atoms with E-state index in [4.69, 9.17) is 16.3 Å². The van der Waals surface area contributed by atoms with E-state index in [-0.39, 0.29) is 30.9 Å². The highest BCUT2D eigenvalue weighted by atomic mass is 35.5. The lowest BCUT2D eigenvalue weighted by molar-refractivity contribution is -0.133. The van der Waals surface area contributed by atoms with Crippen molar-refractivity contribution in [2.75, 3.05) is 39.6 Å². The van der Waals surface area contributed by atoms with E-state index in [0.717, 1.165) is 19.3 Å². The second-order valence-electron chi connectivity index (χ2n) is 7.68. The number of methoxy groups -OCH3 is 1. The second-order valence-corrected chi connectivity index (χ2v) is 8.11. The van der Waals surface area contributed by atoms with Crippen LogP contribution in [0.5, 0.6) is 5.75 Å². The number of hydrogen-bond donors (Lipinski definition) is 1. The Morgan fingerprint density at radius 2 is 1.93 bits per heavy atom. The van der Waals surface area contributed by atoms with Crippen LogP contribution >= 0.6 is 11.6 Å².